The molecule has 0 N–H and O–H groups in total. The second-order valence-electron chi connectivity index (χ2n) is 13.9. The standard InChI is InChI=1S/C40H46S2/c1-6-42(7-2,40-26(5)25(4)36-32-18-10-11-21-35(32)41-38(36)40)39-24(3)22-33-34(39)23-28-16-13-19-30(28)37(33)31-20-12-15-27-14-8-9-17-29(27)31/h8-12,14-15,17-18,20-21,23-26,36,38-40H,6-7,13,16,19,22H2,1-5H3. The van der Waals surface area contributed by atoms with Crippen LogP contribution < -0.4 is 0 Å². The summed E-state index contributed by atoms with van der Waals surface area (Å²) < 4.78 is 0. The van der Waals surface area contributed by atoms with Crippen LogP contribution in [0.4, 0.5) is 0 Å². The lowest BCUT2D eigenvalue weighted by Crippen LogP contribution is -2.36. The van der Waals surface area contributed by atoms with Gasteiger partial charge in [-0.15, -0.1) is 11.8 Å². The van der Waals surface area contributed by atoms with E-state index in [2.05, 4.69) is 119 Å². The minimum Gasteiger partial charge on any atom is -0.230 e. The van der Waals surface area contributed by atoms with Gasteiger partial charge in [-0.3, -0.25) is 0 Å². The Morgan fingerprint density at radius 1 is 0.786 bits per heavy atom. The highest BCUT2D eigenvalue weighted by molar-refractivity contribution is 8.34. The van der Waals surface area contributed by atoms with Crippen molar-refractivity contribution in [2.45, 2.75) is 86.9 Å². The van der Waals surface area contributed by atoms with Gasteiger partial charge in [0.1, 0.15) is 0 Å². The highest BCUT2D eigenvalue weighted by Crippen LogP contribution is 2.76. The highest BCUT2D eigenvalue weighted by Gasteiger charge is 2.59. The van der Waals surface area contributed by atoms with Crippen molar-refractivity contribution in [3.8, 4) is 11.1 Å². The van der Waals surface area contributed by atoms with Crippen molar-refractivity contribution in [3.63, 3.8) is 0 Å². The number of hydrogen-bond acceptors (Lipinski definition) is 1. The SMILES string of the molecule is CCS(CC)(C1c2cc3c(c(-c4cccc5ccccc45)c2CC1C)CCC3)C1C(C)C(C)C2c3ccccc3SC21. The number of thioether (sulfide) groups is 1. The van der Waals surface area contributed by atoms with Crippen molar-refractivity contribution in [3.05, 3.63) is 101 Å². The Morgan fingerprint density at radius 3 is 2.38 bits per heavy atom. The smallest absolute Gasteiger partial charge is 0.0273 e. The molecule has 4 aromatic rings. The van der Waals surface area contributed by atoms with Crippen LogP contribution in [-0.4, -0.2) is 22.0 Å². The first kappa shape index (κ1) is 27.4. The van der Waals surface area contributed by atoms with E-state index < -0.39 is 10.0 Å². The summed E-state index contributed by atoms with van der Waals surface area (Å²) in [5, 5.41) is 5.08. The van der Waals surface area contributed by atoms with Gasteiger partial charge < -0.3 is 0 Å². The fourth-order valence-electron chi connectivity index (χ4n) is 10.4. The van der Waals surface area contributed by atoms with Gasteiger partial charge in [0.25, 0.3) is 0 Å². The van der Waals surface area contributed by atoms with Crippen LogP contribution >= 0.6 is 21.8 Å². The zero-order valence-corrected chi connectivity index (χ0v) is 27.7. The zero-order valence-electron chi connectivity index (χ0n) is 26.0. The Hall–Kier alpha value is -2.16. The number of fused-ring (bicyclic) bond motifs is 6. The molecule has 4 aromatic carbocycles. The Kier molecular flexibility index (Phi) is 6.65. The molecule has 2 heteroatoms. The van der Waals surface area contributed by atoms with E-state index in [1.807, 2.05) is 0 Å². The van der Waals surface area contributed by atoms with Crippen molar-refractivity contribution >= 4 is 32.6 Å². The van der Waals surface area contributed by atoms with E-state index in [4.69, 9.17) is 0 Å². The maximum absolute atomic E-state index is 2.77. The molecule has 8 rings (SSSR count). The Bertz CT molecular complexity index is 1670. The van der Waals surface area contributed by atoms with Gasteiger partial charge in [0.05, 0.1) is 0 Å². The molecule has 4 aliphatic rings. The molecule has 0 bridgehead atoms. The van der Waals surface area contributed by atoms with Crippen LogP contribution in [0.5, 0.6) is 0 Å². The van der Waals surface area contributed by atoms with Crippen LogP contribution in [0, 0.1) is 17.8 Å². The minimum absolute atomic E-state index is 0.710. The topological polar surface area (TPSA) is 0 Å². The van der Waals surface area contributed by atoms with Gasteiger partial charge in [0.15, 0.2) is 0 Å². The molecule has 1 heterocycles. The van der Waals surface area contributed by atoms with Crippen molar-refractivity contribution < 1.29 is 0 Å². The summed E-state index contributed by atoms with van der Waals surface area (Å²) in [5.41, 5.74) is 11.6. The van der Waals surface area contributed by atoms with Gasteiger partial charge in [-0.05, 0) is 111 Å². The molecule has 0 radical (unpaired) electrons. The van der Waals surface area contributed by atoms with Gasteiger partial charge in [-0.25, -0.2) is 10.0 Å². The molecule has 7 unspecified atom stereocenters. The first-order valence-electron chi connectivity index (χ1n) is 16.7. The average molecular weight is 591 g/mol. The molecule has 0 amide bonds. The second kappa shape index (κ2) is 10.2. The molecule has 0 nitrogen and oxygen atoms in total. The third-order valence-electron chi connectivity index (χ3n) is 12.2. The largest absolute Gasteiger partial charge is 0.230 e. The molecular weight excluding hydrogens is 545 g/mol. The second-order valence-corrected chi connectivity index (χ2v) is 19.3. The van der Waals surface area contributed by atoms with Crippen molar-refractivity contribution in [1.82, 2.24) is 0 Å². The quantitative estimate of drug-likeness (QED) is 0.223. The van der Waals surface area contributed by atoms with E-state index in [1.165, 1.54) is 53.5 Å². The first-order chi connectivity index (χ1) is 20.5. The van der Waals surface area contributed by atoms with Crippen LogP contribution in [0.3, 0.4) is 0 Å². The normalized spacial score (nSPS) is 29.9. The fourth-order valence-corrected chi connectivity index (χ4v) is 18.7. The third kappa shape index (κ3) is 3.70. The van der Waals surface area contributed by atoms with E-state index in [1.54, 1.807) is 38.3 Å². The highest BCUT2D eigenvalue weighted by atomic mass is 32.3. The lowest BCUT2D eigenvalue weighted by atomic mass is 9.87. The molecule has 7 atom stereocenters. The molecule has 3 aliphatic carbocycles. The maximum Gasteiger partial charge on any atom is 0.0273 e. The van der Waals surface area contributed by atoms with E-state index in [0.717, 1.165) is 28.3 Å². The molecule has 0 aromatic heterocycles. The fraction of sp³-hybridized carbons (Fsp3) is 0.450. The van der Waals surface area contributed by atoms with Gasteiger partial charge in [-0.1, -0.05) is 101 Å². The lowest BCUT2D eigenvalue weighted by molar-refractivity contribution is 0.424. The molecule has 1 fully saturated rings. The summed E-state index contributed by atoms with van der Waals surface area (Å²) in [6, 6.07) is 28.3. The van der Waals surface area contributed by atoms with Crippen LogP contribution in [-0.2, 0) is 19.3 Å². The summed E-state index contributed by atoms with van der Waals surface area (Å²) in [5.74, 6) is 5.68. The Balaban J connectivity index is 1.32. The summed E-state index contributed by atoms with van der Waals surface area (Å²) in [7, 11) is -0.925. The number of benzene rings is 4. The summed E-state index contributed by atoms with van der Waals surface area (Å²) in [4.78, 5) is 1.58. The summed E-state index contributed by atoms with van der Waals surface area (Å²) in [6.45, 7) is 13.0. The molecule has 0 saturated heterocycles. The molecule has 218 valence electrons. The molecule has 0 spiro atoms. The van der Waals surface area contributed by atoms with Crippen LogP contribution in [0.15, 0.2) is 77.7 Å². The predicted octanol–water partition coefficient (Wildman–Crippen LogP) is 11.0. The molecule has 42 heavy (non-hydrogen) atoms. The average Bonchev–Trinajstić information content (AvgIpc) is 3.77. The lowest BCUT2D eigenvalue weighted by Gasteiger charge is -2.54. The van der Waals surface area contributed by atoms with Crippen LogP contribution in [0.1, 0.15) is 80.0 Å². The van der Waals surface area contributed by atoms with E-state index in [-0.39, 0.29) is 0 Å². The summed E-state index contributed by atoms with van der Waals surface area (Å²) in [6.07, 6.45) is 5.06. The Morgan fingerprint density at radius 2 is 1.55 bits per heavy atom. The van der Waals surface area contributed by atoms with E-state index >= 15 is 0 Å². The van der Waals surface area contributed by atoms with Crippen molar-refractivity contribution in [2.24, 2.45) is 17.8 Å². The van der Waals surface area contributed by atoms with Crippen molar-refractivity contribution in [1.29, 1.82) is 0 Å². The number of rotatable bonds is 5. The van der Waals surface area contributed by atoms with Gasteiger partial charge in [0, 0.05) is 26.6 Å². The number of hydrogen-bond donors (Lipinski definition) is 0. The van der Waals surface area contributed by atoms with Crippen LogP contribution in [0.25, 0.3) is 21.9 Å². The zero-order chi connectivity index (χ0) is 28.7. The third-order valence-corrected chi connectivity index (χ3v) is 19.5. The molecule has 1 saturated carbocycles. The summed E-state index contributed by atoms with van der Waals surface area (Å²) >= 11 is 2.26. The monoisotopic (exact) mass is 590 g/mol. The molecular formula is C40H46S2. The van der Waals surface area contributed by atoms with E-state index in [0.29, 0.717) is 11.2 Å². The van der Waals surface area contributed by atoms with Gasteiger partial charge in [-0.2, -0.15) is 0 Å². The predicted molar refractivity (Wildman–Crippen MR) is 187 cm³/mol. The maximum atomic E-state index is 2.77. The van der Waals surface area contributed by atoms with Gasteiger partial charge in [0.2, 0.25) is 0 Å². The molecule has 1 aliphatic heterocycles. The minimum atomic E-state index is -0.925. The van der Waals surface area contributed by atoms with Gasteiger partial charge >= 0.3 is 0 Å². The van der Waals surface area contributed by atoms with Crippen LogP contribution in [0.2, 0.25) is 0 Å². The van der Waals surface area contributed by atoms with Crippen molar-refractivity contribution in [2.75, 3.05) is 11.5 Å². The Labute approximate surface area is 259 Å². The van der Waals surface area contributed by atoms with E-state index in [9.17, 15) is 0 Å². The number of aryl methyl sites for hydroxylation is 1. The first-order valence-corrected chi connectivity index (χ1v) is 19.6.